The maximum Gasteiger partial charge on any atom is 0.188 e. The summed E-state index contributed by atoms with van der Waals surface area (Å²) in [7, 11) is -2.22. The SMILES string of the molecule is C=CCNCc1ccc(CC(C)(C)[Si](C)(C)O)c2ccccc12. The number of fused-ring (bicyclic) bond motifs is 1. The Hall–Kier alpha value is -1.42. The van der Waals surface area contributed by atoms with Gasteiger partial charge in [0.25, 0.3) is 0 Å². The lowest BCUT2D eigenvalue weighted by Gasteiger charge is -2.35. The highest BCUT2D eigenvalue weighted by Gasteiger charge is 2.38. The van der Waals surface area contributed by atoms with Crippen molar-refractivity contribution in [3.8, 4) is 0 Å². The summed E-state index contributed by atoms with van der Waals surface area (Å²) in [5.74, 6) is 0. The fraction of sp³-hybridized carbons (Fsp3) is 0.400. The Kier molecular flexibility index (Phi) is 5.45. The Balaban J connectivity index is 2.40. The van der Waals surface area contributed by atoms with Crippen molar-refractivity contribution < 1.29 is 4.80 Å². The van der Waals surface area contributed by atoms with Gasteiger partial charge in [-0.25, -0.2) is 0 Å². The molecule has 3 heteroatoms. The lowest BCUT2D eigenvalue weighted by Crippen LogP contribution is -2.40. The third-order valence-corrected chi connectivity index (χ3v) is 8.49. The van der Waals surface area contributed by atoms with Crippen LogP contribution in [0.5, 0.6) is 0 Å². The summed E-state index contributed by atoms with van der Waals surface area (Å²) in [5, 5.41) is 5.93. The van der Waals surface area contributed by atoms with Gasteiger partial charge in [0.05, 0.1) is 0 Å². The average molecular weight is 328 g/mol. The van der Waals surface area contributed by atoms with Crippen LogP contribution in [0.25, 0.3) is 10.8 Å². The minimum atomic E-state index is -2.22. The molecule has 0 aromatic heterocycles. The summed E-state index contributed by atoms with van der Waals surface area (Å²) in [4.78, 5) is 10.6. The van der Waals surface area contributed by atoms with Crippen LogP contribution in [-0.4, -0.2) is 19.7 Å². The van der Waals surface area contributed by atoms with Gasteiger partial charge in [-0.05, 0) is 46.5 Å². The first-order valence-corrected chi connectivity index (χ1v) is 11.2. The molecule has 2 nitrogen and oxygen atoms in total. The molecule has 2 aromatic rings. The molecule has 23 heavy (non-hydrogen) atoms. The van der Waals surface area contributed by atoms with E-state index in [4.69, 9.17) is 0 Å². The Labute approximate surface area is 141 Å². The van der Waals surface area contributed by atoms with Crippen molar-refractivity contribution in [1.29, 1.82) is 0 Å². The molecule has 0 aliphatic carbocycles. The highest BCUT2D eigenvalue weighted by Crippen LogP contribution is 2.40. The van der Waals surface area contributed by atoms with Crippen LogP contribution < -0.4 is 5.32 Å². The number of hydrogen-bond acceptors (Lipinski definition) is 2. The van der Waals surface area contributed by atoms with Gasteiger partial charge in [-0.3, -0.25) is 0 Å². The molecule has 0 bridgehead atoms. The van der Waals surface area contributed by atoms with E-state index in [0.717, 1.165) is 19.5 Å². The summed E-state index contributed by atoms with van der Waals surface area (Å²) >= 11 is 0. The molecular weight excluding hydrogens is 298 g/mol. The van der Waals surface area contributed by atoms with E-state index < -0.39 is 8.32 Å². The molecule has 2 aromatic carbocycles. The second-order valence-electron chi connectivity index (χ2n) is 7.47. The molecule has 2 N–H and O–H groups in total. The molecule has 0 atom stereocenters. The van der Waals surface area contributed by atoms with Gasteiger partial charge < -0.3 is 10.1 Å². The zero-order chi connectivity index (χ0) is 17.1. The third kappa shape index (κ3) is 4.11. The van der Waals surface area contributed by atoms with Crippen molar-refractivity contribution in [1.82, 2.24) is 5.32 Å². The zero-order valence-corrected chi connectivity index (χ0v) is 15.8. The quantitative estimate of drug-likeness (QED) is 0.441. The first-order chi connectivity index (χ1) is 10.8. The number of nitrogens with one attached hydrogen (secondary N) is 1. The summed E-state index contributed by atoms with van der Waals surface area (Å²) in [5.41, 5.74) is 2.64. The molecule has 0 saturated carbocycles. The Morgan fingerprint density at radius 1 is 1.09 bits per heavy atom. The van der Waals surface area contributed by atoms with Gasteiger partial charge in [-0.1, -0.05) is 56.3 Å². The standard InChI is InChI=1S/C20H29NOSi/c1-6-13-21-15-17-12-11-16(14-20(2,3)23(4,5)22)18-9-7-8-10-19(17)18/h6-12,21-22H,1,13-15H2,2-5H3. The Bertz CT molecular complexity index is 686. The molecular formula is C20H29NOSi. The number of rotatable bonds is 7. The molecule has 0 amide bonds. The minimum absolute atomic E-state index is 0.0572. The van der Waals surface area contributed by atoms with Gasteiger partial charge in [-0.15, -0.1) is 6.58 Å². The van der Waals surface area contributed by atoms with Crippen molar-refractivity contribution in [2.45, 2.75) is 44.9 Å². The topological polar surface area (TPSA) is 32.3 Å². The second-order valence-corrected chi connectivity index (χ2v) is 11.9. The van der Waals surface area contributed by atoms with Crippen LogP contribution in [0.4, 0.5) is 0 Å². The van der Waals surface area contributed by atoms with Crippen molar-refractivity contribution in [2.24, 2.45) is 0 Å². The lowest BCUT2D eigenvalue weighted by atomic mass is 9.93. The molecule has 0 saturated heterocycles. The zero-order valence-electron chi connectivity index (χ0n) is 14.8. The molecule has 0 heterocycles. The van der Waals surface area contributed by atoms with Crippen LogP contribution in [-0.2, 0) is 13.0 Å². The molecule has 124 valence electrons. The van der Waals surface area contributed by atoms with Crippen LogP contribution >= 0.6 is 0 Å². The van der Waals surface area contributed by atoms with Crippen molar-refractivity contribution >= 4 is 19.1 Å². The normalized spacial score (nSPS) is 12.6. The highest BCUT2D eigenvalue weighted by atomic mass is 28.4. The van der Waals surface area contributed by atoms with Gasteiger partial charge in [0.15, 0.2) is 8.32 Å². The van der Waals surface area contributed by atoms with Crippen LogP contribution in [0, 0.1) is 0 Å². The second kappa shape index (κ2) is 6.99. The van der Waals surface area contributed by atoms with E-state index in [9.17, 15) is 4.80 Å². The van der Waals surface area contributed by atoms with Crippen molar-refractivity contribution in [3.63, 3.8) is 0 Å². The van der Waals surface area contributed by atoms with Crippen molar-refractivity contribution in [3.05, 3.63) is 60.2 Å². The van der Waals surface area contributed by atoms with Gasteiger partial charge >= 0.3 is 0 Å². The van der Waals surface area contributed by atoms with Crippen LogP contribution in [0.1, 0.15) is 25.0 Å². The van der Waals surface area contributed by atoms with Gasteiger partial charge in [-0.2, -0.15) is 0 Å². The third-order valence-electron chi connectivity index (χ3n) is 5.00. The average Bonchev–Trinajstić information content (AvgIpc) is 2.48. The maximum atomic E-state index is 10.6. The summed E-state index contributed by atoms with van der Waals surface area (Å²) < 4.78 is 0. The number of hydrogen-bond donors (Lipinski definition) is 2. The lowest BCUT2D eigenvalue weighted by molar-refractivity contribution is 0.468. The smallest absolute Gasteiger partial charge is 0.188 e. The van der Waals surface area contributed by atoms with Crippen molar-refractivity contribution in [2.75, 3.05) is 6.54 Å². The Morgan fingerprint density at radius 3 is 2.22 bits per heavy atom. The summed E-state index contributed by atoms with van der Waals surface area (Å²) in [6.07, 6.45) is 2.79. The highest BCUT2D eigenvalue weighted by molar-refractivity contribution is 6.72. The largest absolute Gasteiger partial charge is 0.432 e. The predicted molar refractivity (Wildman–Crippen MR) is 103 cm³/mol. The van der Waals surface area contributed by atoms with Crippen LogP contribution in [0.3, 0.4) is 0 Å². The first kappa shape index (κ1) is 17.9. The Morgan fingerprint density at radius 2 is 1.65 bits per heavy atom. The molecule has 2 rings (SSSR count). The van der Waals surface area contributed by atoms with E-state index in [2.05, 4.69) is 62.1 Å². The van der Waals surface area contributed by atoms with Gasteiger partial charge in [0, 0.05) is 13.1 Å². The van der Waals surface area contributed by atoms with Crippen LogP contribution in [0.15, 0.2) is 49.1 Å². The molecule has 0 spiro atoms. The molecule has 0 aliphatic rings. The fourth-order valence-electron chi connectivity index (χ4n) is 2.73. The summed E-state index contributed by atoms with van der Waals surface area (Å²) in [6.45, 7) is 13.8. The number of benzene rings is 2. The molecule has 0 fully saturated rings. The maximum absolute atomic E-state index is 10.6. The minimum Gasteiger partial charge on any atom is -0.432 e. The predicted octanol–water partition coefficient (Wildman–Crippen LogP) is 4.64. The van der Waals surface area contributed by atoms with E-state index in [-0.39, 0.29) is 5.04 Å². The van der Waals surface area contributed by atoms with Crippen LogP contribution in [0.2, 0.25) is 18.1 Å². The summed E-state index contributed by atoms with van der Waals surface area (Å²) in [6, 6.07) is 13.0. The van der Waals surface area contributed by atoms with Gasteiger partial charge in [0.2, 0.25) is 0 Å². The van der Waals surface area contributed by atoms with E-state index in [0.29, 0.717) is 0 Å². The fourth-order valence-corrected chi connectivity index (χ4v) is 3.36. The molecule has 0 unspecified atom stereocenters. The van der Waals surface area contributed by atoms with E-state index in [1.165, 1.54) is 21.9 Å². The van der Waals surface area contributed by atoms with E-state index >= 15 is 0 Å². The molecule has 0 radical (unpaired) electrons. The van der Waals surface area contributed by atoms with E-state index in [1.807, 2.05) is 19.2 Å². The van der Waals surface area contributed by atoms with Gasteiger partial charge in [0.1, 0.15) is 0 Å². The first-order valence-electron chi connectivity index (χ1n) is 8.30. The van der Waals surface area contributed by atoms with E-state index in [1.54, 1.807) is 0 Å². The monoisotopic (exact) mass is 327 g/mol. The molecule has 0 aliphatic heterocycles.